The van der Waals surface area contributed by atoms with E-state index in [-0.39, 0.29) is 24.3 Å². The lowest BCUT2D eigenvalue weighted by atomic mass is 9.97. The van der Waals surface area contributed by atoms with Crippen molar-refractivity contribution in [3.63, 3.8) is 0 Å². The van der Waals surface area contributed by atoms with Crippen LogP contribution < -0.4 is 11.0 Å². The maximum atomic E-state index is 12.3. The predicted octanol–water partition coefficient (Wildman–Crippen LogP) is 0.00810. The molecule has 0 bridgehead atoms. The Hall–Kier alpha value is -2.18. The quantitative estimate of drug-likeness (QED) is 0.830. The molecule has 1 saturated heterocycles. The van der Waals surface area contributed by atoms with Gasteiger partial charge < -0.3 is 10.2 Å². The molecule has 2 heterocycles. The zero-order valence-corrected chi connectivity index (χ0v) is 12.8. The van der Waals surface area contributed by atoms with Gasteiger partial charge in [0.05, 0.1) is 5.92 Å². The molecule has 1 fully saturated rings. The Kier molecular flexibility index (Phi) is 5.68. The highest BCUT2D eigenvalue weighted by Gasteiger charge is 2.28. The van der Waals surface area contributed by atoms with Crippen molar-refractivity contribution >= 4 is 11.8 Å². The van der Waals surface area contributed by atoms with E-state index >= 15 is 0 Å². The Morgan fingerprint density at radius 3 is 3.00 bits per heavy atom. The van der Waals surface area contributed by atoms with Gasteiger partial charge in [-0.25, -0.2) is 9.78 Å². The molecular weight excluding hydrogens is 284 g/mol. The summed E-state index contributed by atoms with van der Waals surface area (Å²) in [5.74, 6) is -0.296. The summed E-state index contributed by atoms with van der Waals surface area (Å²) in [4.78, 5) is 41.2. The van der Waals surface area contributed by atoms with E-state index in [0.717, 1.165) is 19.3 Å². The van der Waals surface area contributed by atoms with E-state index in [0.29, 0.717) is 19.6 Å². The minimum Gasteiger partial charge on any atom is -0.356 e. The monoisotopic (exact) mass is 306 g/mol. The molecule has 7 nitrogen and oxygen atoms in total. The van der Waals surface area contributed by atoms with Gasteiger partial charge in [-0.15, -0.1) is 0 Å². The fourth-order valence-electron chi connectivity index (χ4n) is 2.56. The van der Waals surface area contributed by atoms with Gasteiger partial charge in [-0.1, -0.05) is 6.92 Å². The number of aromatic nitrogens is 2. The van der Waals surface area contributed by atoms with Crippen LogP contribution in [0.15, 0.2) is 23.3 Å². The number of amides is 2. The van der Waals surface area contributed by atoms with Crippen molar-refractivity contribution in [2.75, 3.05) is 19.6 Å². The molecule has 1 aliphatic heterocycles. The van der Waals surface area contributed by atoms with Gasteiger partial charge in [0.2, 0.25) is 11.8 Å². The molecule has 0 spiro atoms. The number of nitrogens with zero attached hydrogens (tertiary/aromatic N) is 3. The van der Waals surface area contributed by atoms with Gasteiger partial charge >= 0.3 is 5.69 Å². The average molecular weight is 306 g/mol. The standard InChI is InChI=1S/C15H22N4O3/c1-2-6-16-14(21)12-5-3-8-18(10-12)13(20)11-19-9-4-7-17-15(19)22/h4,7,9,12H,2-3,5-6,8,10-11H2,1H3,(H,16,21)/t12-/m0/s1. The van der Waals surface area contributed by atoms with Crippen LogP contribution in [-0.2, 0) is 16.1 Å². The highest BCUT2D eigenvalue weighted by atomic mass is 16.2. The first-order valence-corrected chi connectivity index (χ1v) is 7.68. The van der Waals surface area contributed by atoms with E-state index in [2.05, 4.69) is 10.3 Å². The summed E-state index contributed by atoms with van der Waals surface area (Å²) in [5, 5.41) is 2.88. The third kappa shape index (κ3) is 4.16. The molecule has 0 aliphatic carbocycles. The number of carbonyl (C=O) groups excluding carboxylic acids is 2. The zero-order chi connectivity index (χ0) is 15.9. The third-order valence-electron chi connectivity index (χ3n) is 3.78. The summed E-state index contributed by atoms with van der Waals surface area (Å²) >= 11 is 0. The molecule has 2 rings (SSSR count). The first-order chi connectivity index (χ1) is 10.6. The number of piperidine rings is 1. The summed E-state index contributed by atoms with van der Waals surface area (Å²) in [6, 6.07) is 1.62. The number of hydrogen-bond donors (Lipinski definition) is 1. The maximum Gasteiger partial charge on any atom is 0.347 e. The lowest BCUT2D eigenvalue weighted by Gasteiger charge is -2.32. The summed E-state index contributed by atoms with van der Waals surface area (Å²) in [7, 11) is 0. The maximum absolute atomic E-state index is 12.3. The Balaban J connectivity index is 1.94. The first-order valence-electron chi connectivity index (χ1n) is 7.68. The van der Waals surface area contributed by atoms with Crippen molar-refractivity contribution in [2.45, 2.75) is 32.7 Å². The molecule has 1 aromatic heterocycles. The van der Waals surface area contributed by atoms with Gasteiger partial charge in [-0.2, -0.15) is 0 Å². The van der Waals surface area contributed by atoms with Crippen LogP contribution in [0.4, 0.5) is 0 Å². The topological polar surface area (TPSA) is 84.3 Å². The Morgan fingerprint density at radius 2 is 2.27 bits per heavy atom. The Bertz CT molecular complexity index is 584. The van der Waals surface area contributed by atoms with Crippen LogP contribution in [0.25, 0.3) is 0 Å². The number of likely N-dealkylation sites (tertiary alicyclic amines) is 1. The van der Waals surface area contributed by atoms with Crippen LogP contribution in [0, 0.1) is 5.92 Å². The van der Waals surface area contributed by atoms with Crippen LogP contribution in [0.5, 0.6) is 0 Å². The van der Waals surface area contributed by atoms with E-state index in [1.54, 1.807) is 17.2 Å². The molecule has 2 amide bonds. The smallest absolute Gasteiger partial charge is 0.347 e. The number of nitrogens with one attached hydrogen (secondary N) is 1. The van der Waals surface area contributed by atoms with E-state index in [1.165, 1.54) is 10.8 Å². The van der Waals surface area contributed by atoms with E-state index in [1.807, 2.05) is 6.92 Å². The largest absolute Gasteiger partial charge is 0.356 e. The highest BCUT2D eigenvalue weighted by molar-refractivity contribution is 5.81. The molecule has 0 unspecified atom stereocenters. The summed E-state index contributed by atoms with van der Waals surface area (Å²) < 4.78 is 1.28. The van der Waals surface area contributed by atoms with E-state index in [4.69, 9.17) is 0 Å². The minimum atomic E-state index is -0.440. The van der Waals surface area contributed by atoms with Gasteiger partial charge in [0.15, 0.2) is 0 Å². The third-order valence-corrected chi connectivity index (χ3v) is 3.78. The minimum absolute atomic E-state index is 0.0119. The molecule has 1 atom stereocenters. The molecule has 0 saturated carbocycles. The van der Waals surface area contributed by atoms with Crippen LogP contribution in [0.2, 0.25) is 0 Å². The van der Waals surface area contributed by atoms with Crippen molar-refractivity contribution in [2.24, 2.45) is 5.92 Å². The molecule has 1 aliphatic rings. The first kappa shape index (κ1) is 16.2. The van der Waals surface area contributed by atoms with Gasteiger partial charge in [-0.3, -0.25) is 14.2 Å². The molecule has 7 heteroatoms. The molecule has 0 radical (unpaired) electrons. The molecule has 120 valence electrons. The molecule has 0 aromatic carbocycles. The Labute approximate surface area is 129 Å². The lowest BCUT2D eigenvalue weighted by Crippen LogP contribution is -2.47. The molecule has 1 aromatic rings. The summed E-state index contributed by atoms with van der Waals surface area (Å²) in [6.07, 6.45) is 5.44. The van der Waals surface area contributed by atoms with E-state index < -0.39 is 5.69 Å². The summed E-state index contributed by atoms with van der Waals surface area (Å²) in [5.41, 5.74) is -0.440. The second kappa shape index (κ2) is 7.72. The van der Waals surface area contributed by atoms with Crippen LogP contribution in [0.1, 0.15) is 26.2 Å². The van der Waals surface area contributed by atoms with Gasteiger partial charge in [-0.05, 0) is 25.3 Å². The fraction of sp³-hybridized carbons (Fsp3) is 0.600. The average Bonchev–Trinajstić information content (AvgIpc) is 2.54. The van der Waals surface area contributed by atoms with Crippen molar-refractivity contribution in [1.82, 2.24) is 19.8 Å². The van der Waals surface area contributed by atoms with Gasteiger partial charge in [0.1, 0.15) is 6.54 Å². The van der Waals surface area contributed by atoms with Crippen LogP contribution >= 0.6 is 0 Å². The molecule has 1 N–H and O–H groups in total. The molecular formula is C15H22N4O3. The van der Waals surface area contributed by atoms with Gasteiger partial charge in [0.25, 0.3) is 0 Å². The van der Waals surface area contributed by atoms with Crippen molar-refractivity contribution in [1.29, 1.82) is 0 Å². The number of carbonyl (C=O) groups is 2. The van der Waals surface area contributed by atoms with Gasteiger partial charge in [0, 0.05) is 32.0 Å². The predicted molar refractivity (Wildman–Crippen MR) is 81.1 cm³/mol. The van der Waals surface area contributed by atoms with Crippen molar-refractivity contribution in [3.8, 4) is 0 Å². The summed E-state index contributed by atoms with van der Waals surface area (Å²) in [6.45, 7) is 3.68. The second-order valence-corrected chi connectivity index (χ2v) is 5.50. The highest BCUT2D eigenvalue weighted by Crippen LogP contribution is 2.17. The Morgan fingerprint density at radius 1 is 1.45 bits per heavy atom. The SMILES string of the molecule is CCCNC(=O)[C@H]1CCCN(C(=O)Cn2cccnc2=O)C1. The molecule has 22 heavy (non-hydrogen) atoms. The lowest BCUT2D eigenvalue weighted by molar-refractivity contribution is -0.136. The fourth-order valence-corrected chi connectivity index (χ4v) is 2.56. The van der Waals surface area contributed by atoms with Crippen LogP contribution in [0.3, 0.4) is 0 Å². The second-order valence-electron chi connectivity index (χ2n) is 5.50. The van der Waals surface area contributed by atoms with Crippen molar-refractivity contribution < 1.29 is 9.59 Å². The normalized spacial score (nSPS) is 18.0. The van der Waals surface area contributed by atoms with Crippen molar-refractivity contribution in [3.05, 3.63) is 28.9 Å². The number of hydrogen-bond acceptors (Lipinski definition) is 4. The van der Waals surface area contributed by atoms with Crippen LogP contribution in [-0.4, -0.2) is 45.9 Å². The zero-order valence-electron chi connectivity index (χ0n) is 12.8. The van der Waals surface area contributed by atoms with E-state index in [9.17, 15) is 14.4 Å². The number of rotatable bonds is 5.